The average Bonchev–Trinajstić information content (AvgIpc) is 2.78. The molecular weight excluding hydrogens is 420 g/mol. The minimum atomic E-state index is -3.99. The first kappa shape index (κ1) is 21.9. The second-order valence-electron chi connectivity index (χ2n) is 6.18. The van der Waals surface area contributed by atoms with Crippen molar-refractivity contribution < 1.29 is 31.6 Å². The summed E-state index contributed by atoms with van der Waals surface area (Å²) in [5.41, 5.74) is 0.610. The molecule has 7 nitrogen and oxygen atoms in total. The number of para-hydroxylation sites is 1. The van der Waals surface area contributed by atoms with Gasteiger partial charge in [0.1, 0.15) is 27.7 Å². The van der Waals surface area contributed by atoms with Crippen LogP contribution in [0.5, 0.6) is 17.2 Å². The Labute approximate surface area is 180 Å². The predicted molar refractivity (Wildman–Crippen MR) is 114 cm³/mol. The van der Waals surface area contributed by atoms with E-state index in [1.54, 1.807) is 54.6 Å². The second-order valence-corrected chi connectivity index (χ2v) is 7.73. The third-order valence-electron chi connectivity index (χ3n) is 4.09. The molecule has 0 unspecified atom stereocenters. The highest BCUT2D eigenvalue weighted by Gasteiger charge is 2.19. The van der Waals surface area contributed by atoms with Gasteiger partial charge in [-0.3, -0.25) is 0 Å². The van der Waals surface area contributed by atoms with Gasteiger partial charge < -0.3 is 18.4 Å². The Bertz CT molecular complexity index is 1190. The van der Waals surface area contributed by atoms with E-state index in [4.69, 9.17) is 18.4 Å². The largest absolute Gasteiger partial charge is 0.503 e. The summed E-state index contributed by atoms with van der Waals surface area (Å²) in [5, 5.41) is 0. The molecular formula is C23H20O7S. The van der Waals surface area contributed by atoms with Gasteiger partial charge in [0.15, 0.2) is 0 Å². The Balaban J connectivity index is 1.89. The Morgan fingerprint density at radius 2 is 1.52 bits per heavy atom. The summed E-state index contributed by atoms with van der Waals surface area (Å²) >= 11 is 0. The predicted octanol–water partition coefficient (Wildman–Crippen LogP) is 4.41. The van der Waals surface area contributed by atoms with E-state index in [0.29, 0.717) is 17.1 Å². The molecule has 0 bridgehead atoms. The molecule has 0 spiro atoms. The fourth-order valence-corrected chi connectivity index (χ4v) is 3.65. The quantitative estimate of drug-likeness (QED) is 0.222. The van der Waals surface area contributed by atoms with Gasteiger partial charge in [0, 0.05) is 11.6 Å². The van der Waals surface area contributed by atoms with Gasteiger partial charge in [0.2, 0.25) is 0 Å². The van der Waals surface area contributed by atoms with Crippen molar-refractivity contribution in [3.05, 3.63) is 90.7 Å². The Kier molecular flexibility index (Phi) is 6.94. The summed E-state index contributed by atoms with van der Waals surface area (Å²) in [7, 11) is -1.30. The van der Waals surface area contributed by atoms with Crippen molar-refractivity contribution in [1.82, 2.24) is 0 Å². The van der Waals surface area contributed by atoms with Gasteiger partial charge in [-0.15, -0.1) is 0 Å². The number of carbonyl (C=O) groups is 1. The van der Waals surface area contributed by atoms with E-state index in [0.717, 1.165) is 0 Å². The molecule has 0 atom stereocenters. The zero-order chi connectivity index (χ0) is 22.3. The first-order valence-corrected chi connectivity index (χ1v) is 10.5. The van der Waals surface area contributed by atoms with Gasteiger partial charge in [-0.25, -0.2) is 4.79 Å². The van der Waals surface area contributed by atoms with E-state index in [-0.39, 0.29) is 16.2 Å². The summed E-state index contributed by atoms with van der Waals surface area (Å²) in [6, 6.07) is 20.8. The van der Waals surface area contributed by atoms with Crippen LogP contribution in [0.4, 0.5) is 0 Å². The van der Waals surface area contributed by atoms with E-state index in [1.165, 1.54) is 44.7 Å². The van der Waals surface area contributed by atoms with Crippen LogP contribution < -0.4 is 8.92 Å². The van der Waals surface area contributed by atoms with Crippen molar-refractivity contribution in [1.29, 1.82) is 0 Å². The number of carbonyl (C=O) groups excluding carboxylic acids is 1. The number of hydrogen-bond acceptors (Lipinski definition) is 7. The number of benzene rings is 3. The van der Waals surface area contributed by atoms with E-state index < -0.39 is 16.1 Å². The highest BCUT2D eigenvalue weighted by atomic mass is 32.2. The third-order valence-corrected chi connectivity index (χ3v) is 5.35. The molecule has 31 heavy (non-hydrogen) atoms. The third kappa shape index (κ3) is 5.43. The highest BCUT2D eigenvalue weighted by molar-refractivity contribution is 7.87. The normalized spacial score (nSPS) is 11.5. The minimum absolute atomic E-state index is 0.0408. The lowest BCUT2D eigenvalue weighted by molar-refractivity contribution is -0.133. The van der Waals surface area contributed by atoms with Crippen LogP contribution in [-0.4, -0.2) is 28.6 Å². The molecule has 0 fully saturated rings. The van der Waals surface area contributed by atoms with Crippen molar-refractivity contribution in [2.45, 2.75) is 4.90 Å². The Morgan fingerprint density at radius 1 is 0.839 bits per heavy atom. The summed E-state index contributed by atoms with van der Waals surface area (Å²) in [6.07, 6.45) is 1.26. The number of methoxy groups -OCH3 is 2. The molecule has 0 amide bonds. The van der Waals surface area contributed by atoms with Crippen LogP contribution in [0.15, 0.2) is 90.0 Å². The first-order chi connectivity index (χ1) is 14.9. The number of hydrogen-bond donors (Lipinski definition) is 0. The van der Waals surface area contributed by atoms with Crippen LogP contribution in [0.2, 0.25) is 0 Å². The second kappa shape index (κ2) is 9.82. The van der Waals surface area contributed by atoms with Crippen molar-refractivity contribution in [3.8, 4) is 17.2 Å². The molecule has 3 aromatic carbocycles. The smallest absolute Gasteiger partial charge is 0.341 e. The van der Waals surface area contributed by atoms with E-state index in [1.807, 2.05) is 0 Å². The lowest BCUT2D eigenvalue weighted by atomic mass is 10.1. The van der Waals surface area contributed by atoms with Gasteiger partial charge in [-0.05, 0) is 30.3 Å². The van der Waals surface area contributed by atoms with E-state index >= 15 is 0 Å². The molecule has 0 saturated heterocycles. The van der Waals surface area contributed by atoms with Crippen LogP contribution in [0.25, 0.3) is 5.57 Å². The first-order valence-electron chi connectivity index (χ1n) is 9.13. The SMILES string of the molecule is COC=C(C(=O)OC)c1ccccc1Oc1cccc(OS(=O)(=O)c2ccccc2)c1. The number of rotatable bonds is 8. The molecule has 160 valence electrons. The van der Waals surface area contributed by atoms with Gasteiger partial charge >= 0.3 is 16.1 Å². The van der Waals surface area contributed by atoms with Crippen LogP contribution in [0, 0.1) is 0 Å². The van der Waals surface area contributed by atoms with Gasteiger partial charge in [-0.2, -0.15) is 8.42 Å². The maximum atomic E-state index is 12.5. The highest BCUT2D eigenvalue weighted by Crippen LogP contribution is 2.32. The molecule has 0 saturated carbocycles. The molecule has 3 rings (SSSR count). The molecule has 0 heterocycles. The van der Waals surface area contributed by atoms with Crippen molar-refractivity contribution in [2.24, 2.45) is 0 Å². The van der Waals surface area contributed by atoms with Crippen LogP contribution in [-0.2, 0) is 24.4 Å². The van der Waals surface area contributed by atoms with Gasteiger partial charge in [0.05, 0.1) is 20.5 Å². The summed E-state index contributed by atoms with van der Waals surface area (Å²) < 4.78 is 45.9. The Hall–Kier alpha value is -3.78. The summed E-state index contributed by atoms with van der Waals surface area (Å²) in [6.45, 7) is 0. The molecule has 0 N–H and O–H groups in total. The number of esters is 1. The average molecular weight is 440 g/mol. The van der Waals surface area contributed by atoms with Crippen LogP contribution in [0.1, 0.15) is 5.56 Å². The lowest BCUT2D eigenvalue weighted by Crippen LogP contribution is -2.09. The van der Waals surface area contributed by atoms with Crippen molar-refractivity contribution >= 4 is 21.7 Å². The van der Waals surface area contributed by atoms with Gasteiger partial charge in [-0.1, -0.05) is 42.5 Å². The maximum Gasteiger partial charge on any atom is 0.341 e. The zero-order valence-electron chi connectivity index (χ0n) is 16.8. The summed E-state index contributed by atoms with van der Waals surface area (Å²) in [5.74, 6) is 0.150. The van der Waals surface area contributed by atoms with Crippen LogP contribution in [0.3, 0.4) is 0 Å². The molecule has 0 aliphatic rings. The van der Waals surface area contributed by atoms with E-state index in [2.05, 4.69) is 0 Å². The molecule has 0 radical (unpaired) electrons. The van der Waals surface area contributed by atoms with Crippen molar-refractivity contribution in [3.63, 3.8) is 0 Å². The molecule has 8 heteroatoms. The fourth-order valence-electron chi connectivity index (χ4n) is 2.71. The molecule has 3 aromatic rings. The van der Waals surface area contributed by atoms with Crippen LogP contribution >= 0.6 is 0 Å². The van der Waals surface area contributed by atoms with E-state index in [9.17, 15) is 13.2 Å². The molecule has 0 aromatic heterocycles. The topological polar surface area (TPSA) is 88.1 Å². The minimum Gasteiger partial charge on any atom is -0.503 e. The Morgan fingerprint density at radius 3 is 2.23 bits per heavy atom. The van der Waals surface area contributed by atoms with Crippen molar-refractivity contribution in [2.75, 3.05) is 14.2 Å². The maximum absolute atomic E-state index is 12.5. The lowest BCUT2D eigenvalue weighted by Gasteiger charge is -2.13. The monoisotopic (exact) mass is 440 g/mol. The number of ether oxygens (including phenoxy) is 3. The van der Waals surface area contributed by atoms with Gasteiger partial charge in [0.25, 0.3) is 0 Å². The zero-order valence-corrected chi connectivity index (χ0v) is 17.7. The molecule has 0 aliphatic carbocycles. The fraction of sp³-hybridized carbons (Fsp3) is 0.0870. The summed E-state index contributed by atoms with van der Waals surface area (Å²) in [4.78, 5) is 12.2. The standard InChI is InChI=1S/C23H20O7S/c1-27-16-21(23(24)28-2)20-13-6-7-14-22(20)29-17-9-8-10-18(15-17)30-31(25,26)19-11-4-3-5-12-19/h3-16H,1-2H3. The molecule has 0 aliphatic heterocycles.